The zero-order valence-corrected chi connectivity index (χ0v) is 16.0. The maximum absolute atomic E-state index is 5.46. The minimum Gasteiger partial charge on any atom is -0.360 e. The molecule has 2 fully saturated rings. The Kier molecular flexibility index (Phi) is 5.33. The Labute approximate surface area is 146 Å². The summed E-state index contributed by atoms with van der Waals surface area (Å²) in [7, 11) is 6.33. The zero-order chi connectivity index (χ0) is 17.3. The van der Waals surface area contributed by atoms with Crippen LogP contribution in [-0.4, -0.2) is 61.3 Å². The van der Waals surface area contributed by atoms with Gasteiger partial charge in [-0.25, -0.2) is 0 Å². The summed E-state index contributed by atoms with van der Waals surface area (Å²) in [6.45, 7) is 8.09. The van der Waals surface area contributed by atoms with Gasteiger partial charge in [-0.1, -0.05) is 19.0 Å². The zero-order valence-electron chi connectivity index (χ0n) is 16.0. The van der Waals surface area contributed by atoms with Crippen molar-refractivity contribution in [2.75, 3.05) is 34.2 Å². The molecule has 0 spiro atoms. The fourth-order valence-corrected chi connectivity index (χ4v) is 4.20. The first kappa shape index (κ1) is 17.9. The average Bonchev–Trinajstić information content (AvgIpc) is 2.94. The van der Waals surface area contributed by atoms with E-state index in [4.69, 9.17) is 4.52 Å². The fourth-order valence-electron chi connectivity index (χ4n) is 4.20. The van der Waals surface area contributed by atoms with Gasteiger partial charge in [0.05, 0.1) is 12.2 Å². The second kappa shape index (κ2) is 7.14. The molecule has 0 bridgehead atoms. The van der Waals surface area contributed by atoms with Crippen LogP contribution in [0, 0.1) is 11.3 Å². The van der Waals surface area contributed by atoms with Crippen LogP contribution in [0.3, 0.4) is 0 Å². The highest BCUT2D eigenvalue weighted by Crippen LogP contribution is 2.48. The van der Waals surface area contributed by atoms with E-state index in [1.54, 1.807) is 0 Å². The van der Waals surface area contributed by atoms with Crippen molar-refractivity contribution in [1.82, 2.24) is 20.3 Å². The molecule has 136 valence electrons. The van der Waals surface area contributed by atoms with Crippen LogP contribution < -0.4 is 5.32 Å². The highest BCUT2D eigenvalue weighted by molar-refractivity contribution is 5.11. The lowest BCUT2D eigenvalue weighted by Crippen LogP contribution is -2.60. The topological polar surface area (TPSA) is 44.5 Å². The Bertz CT molecular complexity index is 531. The van der Waals surface area contributed by atoms with Gasteiger partial charge in [-0.3, -0.25) is 0 Å². The normalized spacial score (nSPS) is 28.2. The lowest BCUT2D eigenvalue weighted by molar-refractivity contribution is 0.00205. The molecule has 2 atom stereocenters. The van der Waals surface area contributed by atoms with Crippen molar-refractivity contribution in [3.63, 3.8) is 0 Å². The van der Waals surface area contributed by atoms with Crippen LogP contribution in [-0.2, 0) is 13.0 Å². The van der Waals surface area contributed by atoms with Crippen LogP contribution in [0.25, 0.3) is 0 Å². The molecule has 0 aromatic carbocycles. The van der Waals surface area contributed by atoms with Crippen LogP contribution in [0.5, 0.6) is 0 Å². The molecule has 1 aromatic heterocycles. The number of hydrogen-bond acceptors (Lipinski definition) is 5. The molecule has 24 heavy (non-hydrogen) atoms. The highest BCUT2D eigenvalue weighted by Gasteiger charge is 2.48. The minimum atomic E-state index is 0.337. The summed E-state index contributed by atoms with van der Waals surface area (Å²) < 4.78 is 5.46. The highest BCUT2D eigenvalue weighted by atomic mass is 16.5. The van der Waals surface area contributed by atoms with Gasteiger partial charge < -0.3 is 19.6 Å². The minimum absolute atomic E-state index is 0.337. The molecule has 2 aliphatic rings. The Hall–Kier alpha value is -0.910. The average molecular weight is 335 g/mol. The van der Waals surface area contributed by atoms with Crippen molar-refractivity contribution in [2.45, 2.75) is 58.2 Å². The van der Waals surface area contributed by atoms with Crippen molar-refractivity contribution in [3.8, 4) is 0 Å². The second-order valence-corrected chi connectivity index (χ2v) is 8.78. The van der Waals surface area contributed by atoms with E-state index in [0.29, 0.717) is 23.4 Å². The first-order chi connectivity index (χ1) is 11.3. The van der Waals surface area contributed by atoms with E-state index in [2.05, 4.69) is 61.3 Å². The third-order valence-electron chi connectivity index (χ3n) is 6.16. The van der Waals surface area contributed by atoms with Crippen molar-refractivity contribution in [3.05, 3.63) is 17.5 Å². The van der Waals surface area contributed by atoms with Gasteiger partial charge in [0, 0.05) is 18.2 Å². The van der Waals surface area contributed by atoms with E-state index in [1.165, 1.54) is 32.4 Å². The number of hydrogen-bond donors (Lipinski definition) is 1. The molecule has 5 nitrogen and oxygen atoms in total. The predicted octanol–water partition coefficient (Wildman–Crippen LogP) is 2.38. The molecule has 1 saturated heterocycles. The van der Waals surface area contributed by atoms with Crippen molar-refractivity contribution < 1.29 is 4.52 Å². The summed E-state index contributed by atoms with van der Waals surface area (Å²) in [5.41, 5.74) is 1.45. The van der Waals surface area contributed by atoms with Gasteiger partial charge >= 0.3 is 0 Å². The van der Waals surface area contributed by atoms with Crippen LogP contribution in [0.15, 0.2) is 10.6 Å². The van der Waals surface area contributed by atoms with E-state index < -0.39 is 0 Å². The lowest BCUT2D eigenvalue weighted by Gasteiger charge is -2.54. The molecule has 2 unspecified atom stereocenters. The van der Waals surface area contributed by atoms with Gasteiger partial charge in [0.15, 0.2) is 5.76 Å². The SMILES string of the molecule is CN(C)Cc1cc(CC2CC(NC3CCN(C)CC3)C2(C)C)no1. The Morgan fingerprint density at radius 1 is 1.33 bits per heavy atom. The molecule has 1 N–H and O–H groups in total. The summed E-state index contributed by atoms with van der Waals surface area (Å²) >= 11 is 0. The molecule has 0 amide bonds. The fraction of sp³-hybridized carbons (Fsp3) is 0.842. The maximum Gasteiger partial charge on any atom is 0.150 e. The molecule has 5 heteroatoms. The largest absolute Gasteiger partial charge is 0.360 e. The van der Waals surface area contributed by atoms with Crippen LogP contribution >= 0.6 is 0 Å². The van der Waals surface area contributed by atoms with Gasteiger partial charge in [-0.15, -0.1) is 0 Å². The lowest BCUT2D eigenvalue weighted by atomic mass is 9.57. The monoisotopic (exact) mass is 334 g/mol. The molecule has 3 rings (SSSR count). The van der Waals surface area contributed by atoms with E-state index >= 15 is 0 Å². The second-order valence-electron chi connectivity index (χ2n) is 8.78. The van der Waals surface area contributed by atoms with Crippen molar-refractivity contribution >= 4 is 0 Å². The molecule has 0 radical (unpaired) electrons. The van der Waals surface area contributed by atoms with Crippen molar-refractivity contribution in [2.24, 2.45) is 11.3 Å². The first-order valence-electron chi connectivity index (χ1n) is 9.38. The smallest absolute Gasteiger partial charge is 0.150 e. The third kappa shape index (κ3) is 4.01. The molecule has 1 aliphatic heterocycles. The number of piperidine rings is 1. The number of rotatable bonds is 6. The van der Waals surface area contributed by atoms with E-state index in [1.807, 2.05) is 0 Å². The van der Waals surface area contributed by atoms with Crippen molar-refractivity contribution in [1.29, 1.82) is 0 Å². The summed E-state index contributed by atoms with van der Waals surface area (Å²) in [6, 6.07) is 3.47. The molecular formula is C19H34N4O. The van der Waals surface area contributed by atoms with E-state index in [9.17, 15) is 0 Å². The molecular weight excluding hydrogens is 300 g/mol. The Morgan fingerprint density at radius 3 is 2.67 bits per heavy atom. The molecule has 1 aromatic rings. The quantitative estimate of drug-likeness (QED) is 0.865. The van der Waals surface area contributed by atoms with Crippen LogP contribution in [0.4, 0.5) is 0 Å². The predicted molar refractivity (Wildman–Crippen MR) is 96.9 cm³/mol. The van der Waals surface area contributed by atoms with Gasteiger partial charge in [-0.2, -0.15) is 0 Å². The van der Waals surface area contributed by atoms with Crippen LogP contribution in [0.1, 0.15) is 44.6 Å². The molecule has 1 saturated carbocycles. The summed E-state index contributed by atoms with van der Waals surface area (Å²) in [5.74, 6) is 1.66. The first-order valence-corrected chi connectivity index (χ1v) is 9.38. The Morgan fingerprint density at radius 2 is 2.04 bits per heavy atom. The van der Waals surface area contributed by atoms with Gasteiger partial charge in [0.1, 0.15) is 0 Å². The Balaban J connectivity index is 1.49. The third-order valence-corrected chi connectivity index (χ3v) is 6.16. The van der Waals surface area contributed by atoms with Gasteiger partial charge in [0.2, 0.25) is 0 Å². The molecule has 1 aliphatic carbocycles. The summed E-state index contributed by atoms with van der Waals surface area (Å²) in [6.07, 6.45) is 4.86. The number of nitrogens with one attached hydrogen (secondary N) is 1. The summed E-state index contributed by atoms with van der Waals surface area (Å²) in [4.78, 5) is 4.54. The van der Waals surface area contributed by atoms with Gasteiger partial charge in [0.25, 0.3) is 0 Å². The van der Waals surface area contributed by atoms with E-state index in [-0.39, 0.29) is 0 Å². The van der Waals surface area contributed by atoms with Crippen LogP contribution in [0.2, 0.25) is 0 Å². The molecule has 2 heterocycles. The number of aromatic nitrogens is 1. The van der Waals surface area contributed by atoms with E-state index in [0.717, 1.165) is 24.4 Å². The number of likely N-dealkylation sites (tertiary alicyclic amines) is 1. The summed E-state index contributed by atoms with van der Waals surface area (Å²) in [5, 5.41) is 8.21. The maximum atomic E-state index is 5.46. The standard InChI is InChI=1S/C19H34N4O/c1-19(2)14(10-16-12-17(24-21-16)13-22(3)4)11-18(19)20-15-6-8-23(5)9-7-15/h12,14-15,18,20H,6-11,13H2,1-5H3. The van der Waals surface area contributed by atoms with Gasteiger partial charge in [-0.05, 0) is 71.2 Å². The number of nitrogens with zero attached hydrogens (tertiary/aromatic N) is 3.